The summed E-state index contributed by atoms with van der Waals surface area (Å²) in [4.78, 5) is 24.3. The van der Waals surface area contributed by atoms with E-state index in [2.05, 4.69) is 0 Å². The summed E-state index contributed by atoms with van der Waals surface area (Å²) in [6.07, 6.45) is 0. The fourth-order valence-electron chi connectivity index (χ4n) is 2.77. The molecule has 0 aliphatic carbocycles. The van der Waals surface area contributed by atoms with Gasteiger partial charge in [-0.25, -0.2) is 9.59 Å². The van der Waals surface area contributed by atoms with Crippen molar-refractivity contribution in [2.75, 3.05) is 13.7 Å². The maximum absolute atomic E-state index is 12.5. The van der Waals surface area contributed by atoms with E-state index in [0.29, 0.717) is 45.2 Å². The number of esters is 1. The molecule has 1 heterocycles. The van der Waals surface area contributed by atoms with Crippen molar-refractivity contribution >= 4 is 28.5 Å². The number of hydrogen-bond donors (Lipinski definition) is 0. The van der Waals surface area contributed by atoms with Crippen LogP contribution in [0.1, 0.15) is 28.4 Å². The van der Waals surface area contributed by atoms with Gasteiger partial charge < -0.3 is 18.6 Å². The normalized spacial score (nSPS) is 10.7. The molecule has 28 heavy (non-hydrogen) atoms. The molecular weight excluding hydrogens is 384 g/mol. The highest BCUT2D eigenvalue weighted by Crippen LogP contribution is 2.29. The zero-order valence-electron chi connectivity index (χ0n) is 15.7. The predicted octanol–water partition coefficient (Wildman–Crippen LogP) is 4.52. The topological polar surface area (TPSA) is 75.0 Å². The molecular formula is C21H19ClO6. The van der Waals surface area contributed by atoms with Gasteiger partial charge in [0, 0.05) is 22.0 Å². The average Bonchev–Trinajstić information content (AvgIpc) is 2.67. The second-order valence-electron chi connectivity index (χ2n) is 6.06. The fourth-order valence-corrected chi connectivity index (χ4v) is 2.93. The van der Waals surface area contributed by atoms with E-state index in [1.54, 1.807) is 30.3 Å². The minimum absolute atomic E-state index is 0.101. The van der Waals surface area contributed by atoms with Gasteiger partial charge in [0.2, 0.25) is 0 Å². The summed E-state index contributed by atoms with van der Waals surface area (Å²) in [5, 5.41) is 1.15. The lowest BCUT2D eigenvalue weighted by Gasteiger charge is -2.11. The predicted molar refractivity (Wildman–Crippen MR) is 106 cm³/mol. The van der Waals surface area contributed by atoms with Crippen LogP contribution in [0.5, 0.6) is 11.5 Å². The summed E-state index contributed by atoms with van der Waals surface area (Å²) >= 11 is 6.18. The first-order valence-electron chi connectivity index (χ1n) is 8.63. The standard InChI is InChI=1S/C21H19ClO6/c1-4-26-19-8-13(5-6-17(19)25-3)21(24)27-11-14-9-20(23)28-18-7-12(2)16(22)10-15(14)18/h5-10H,4,11H2,1-3H3. The van der Waals surface area contributed by atoms with Gasteiger partial charge in [0.15, 0.2) is 11.5 Å². The van der Waals surface area contributed by atoms with Crippen LogP contribution >= 0.6 is 11.6 Å². The number of halogens is 1. The number of ether oxygens (including phenoxy) is 3. The monoisotopic (exact) mass is 402 g/mol. The Morgan fingerprint density at radius 1 is 1.14 bits per heavy atom. The van der Waals surface area contributed by atoms with Crippen LogP contribution in [0.2, 0.25) is 5.02 Å². The van der Waals surface area contributed by atoms with Gasteiger partial charge >= 0.3 is 11.6 Å². The van der Waals surface area contributed by atoms with E-state index in [-0.39, 0.29) is 6.61 Å². The zero-order valence-corrected chi connectivity index (χ0v) is 16.5. The molecule has 0 amide bonds. The lowest BCUT2D eigenvalue weighted by molar-refractivity contribution is 0.0473. The summed E-state index contributed by atoms with van der Waals surface area (Å²) in [5.41, 5.74) is 1.48. The van der Waals surface area contributed by atoms with E-state index in [1.165, 1.54) is 13.2 Å². The lowest BCUT2D eigenvalue weighted by atomic mass is 10.1. The van der Waals surface area contributed by atoms with Crippen molar-refractivity contribution in [3.8, 4) is 11.5 Å². The number of fused-ring (bicyclic) bond motifs is 1. The van der Waals surface area contributed by atoms with Gasteiger partial charge in [0.1, 0.15) is 12.2 Å². The van der Waals surface area contributed by atoms with Crippen LogP contribution in [0.4, 0.5) is 0 Å². The summed E-state index contributed by atoms with van der Waals surface area (Å²) in [5.74, 6) is 0.422. The molecule has 0 aliphatic rings. The van der Waals surface area contributed by atoms with E-state index in [9.17, 15) is 9.59 Å². The SMILES string of the molecule is CCOc1cc(C(=O)OCc2cc(=O)oc3cc(C)c(Cl)cc23)ccc1OC. The average molecular weight is 403 g/mol. The maximum Gasteiger partial charge on any atom is 0.338 e. The van der Waals surface area contributed by atoms with E-state index in [1.807, 2.05) is 13.8 Å². The first kappa shape index (κ1) is 19.8. The quantitative estimate of drug-likeness (QED) is 0.445. The Labute approximate surface area is 166 Å². The zero-order chi connectivity index (χ0) is 20.3. The minimum Gasteiger partial charge on any atom is -0.493 e. The van der Waals surface area contributed by atoms with Gasteiger partial charge in [-0.15, -0.1) is 0 Å². The van der Waals surface area contributed by atoms with Gasteiger partial charge in [-0.2, -0.15) is 0 Å². The second-order valence-corrected chi connectivity index (χ2v) is 6.47. The minimum atomic E-state index is -0.553. The molecule has 0 saturated carbocycles. The molecule has 0 saturated heterocycles. The van der Waals surface area contributed by atoms with E-state index in [0.717, 1.165) is 5.56 Å². The third-order valence-electron chi connectivity index (χ3n) is 4.17. The van der Waals surface area contributed by atoms with Crippen molar-refractivity contribution in [3.05, 3.63) is 68.5 Å². The smallest absolute Gasteiger partial charge is 0.338 e. The summed E-state index contributed by atoms with van der Waals surface area (Å²) < 4.78 is 21.3. The molecule has 7 heteroatoms. The van der Waals surface area contributed by atoms with Crippen molar-refractivity contribution in [2.45, 2.75) is 20.5 Å². The van der Waals surface area contributed by atoms with Crippen LogP contribution in [-0.2, 0) is 11.3 Å². The molecule has 0 spiro atoms. The lowest BCUT2D eigenvalue weighted by Crippen LogP contribution is -2.08. The van der Waals surface area contributed by atoms with Crippen LogP contribution in [0.15, 0.2) is 45.6 Å². The van der Waals surface area contributed by atoms with Gasteiger partial charge in [0.25, 0.3) is 0 Å². The highest BCUT2D eigenvalue weighted by Gasteiger charge is 2.14. The Kier molecular flexibility index (Phi) is 5.90. The number of benzene rings is 2. The number of carbonyl (C=O) groups is 1. The maximum atomic E-state index is 12.5. The molecule has 1 aromatic heterocycles. The van der Waals surface area contributed by atoms with Crippen molar-refractivity contribution in [3.63, 3.8) is 0 Å². The molecule has 146 valence electrons. The Morgan fingerprint density at radius 2 is 1.93 bits per heavy atom. The van der Waals surface area contributed by atoms with E-state index in [4.69, 9.17) is 30.2 Å². The molecule has 0 bridgehead atoms. The first-order valence-corrected chi connectivity index (χ1v) is 9.01. The van der Waals surface area contributed by atoms with Crippen molar-refractivity contribution in [2.24, 2.45) is 0 Å². The van der Waals surface area contributed by atoms with Crippen LogP contribution < -0.4 is 15.1 Å². The van der Waals surface area contributed by atoms with Crippen LogP contribution in [-0.4, -0.2) is 19.7 Å². The molecule has 0 aliphatic heterocycles. The van der Waals surface area contributed by atoms with Gasteiger partial charge in [-0.05, 0) is 49.7 Å². The van der Waals surface area contributed by atoms with Crippen molar-refractivity contribution in [1.29, 1.82) is 0 Å². The molecule has 3 aromatic rings. The summed E-state index contributed by atoms with van der Waals surface area (Å²) in [7, 11) is 1.52. The third-order valence-corrected chi connectivity index (χ3v) is 4.57. The highest BCUT2D eigenvalue weighted by atomic mass is 35.5. The van der Waals surface area contributed by atoms with Crippen molar-refractivity contribution in [1.82, 2.24) is 0 Å². The van der Waals surface area contributed by atoms with Crippen LogP contribution in [0.3, 0.4) is 0 Å². The molecule has 0 N–H and O–H groups in total. The molecule has 0 unspecified atom stereocenters. The Bertz CT molecular complexity index is 1090. The first-order chi connectivity index (χ1) is 13.4. The largest absolute Gasteiger partial charge is 0.493 e. The molecule has 2 aromatic carbocycles. The number of rotatable bonds is 6. The molecule has 3 rings (SSSR count). The van der Waals surface area contributed by atoms with Gasteiger partial charge in [-0.1, -0.05) is 11.6 Å². The molecule has 0 radical (unpaired) electrons. The molecule has 0 fully saturated rings. The Morgan fingerprint density at radius 3 is 2.64 bits per heavy atom. The molecule has 6 nitrogen and oxygen atoms in total. The summed E-state index contributed by atoms with van der Waals surface area (Å²) in [6.45, 7) is 3.98. The van der Waals surface area contributed by atoms with E-state index >= 15 is 0 Å². The fraction of sp³-hybridized carbons (Fsp3) is 0.238. The van der Waals surface area contributed by atoms with E-state index < -0.39 is 11.6 Å². The Hall–Kier alpha value is -2.99. The summed E-state index contributed by atoms with van der Waals surface area (Å²) in [6, 6.07) is 9.45. The number of aryl methyl sites for hydroxylation is 1. The Balaban J connectivity index is 1.86. The van der Waals surface area contributed by atoms with Crippen LogP contribution in [0, 0.1) is 6.92 Å². The number of carbonyl (C=O) groups excluding carboxylic acids is 1. The van der Waals surface area contributed by atoms with Gasteiger partial charge in [-0.3, -0.25) is 0 Å². The highest BCUT2D eigenvalue weighted by molar-refractivity contribution is 6.32. The molecule has 0 atom stereocenters. The second kappa shape index (κ2) is 8.35. The van der Waals surface area contributed by atoms with Crippen molar-refractivity contribution < 1.29 is 23.4 Å². The third kappa shape index (κ3) is 4.12. The van der Waals surface area contributed by atoms with Crippen LogP contribution in [0.25, 0.3) is 11.0 Å². The van der Waals surface area contributed by atoms with Gasteiger partial charge in [0.05, 0.1) is 19.3 Å². The number of methoxy groups -OCH3 is 1. The number of hydrogen-bond acceptors (Lipinski definition) is 6.